The van der Waals surface area contributed by atoms with E-state index in [1.54, 1.807) is 6.92 Å². The molecule has 122 valence electrons. The van der Waals surface area contributed by atoms with Crippen LogP contribution in [0.2, 0.25) is 5.02 Å². The summed E-state index contributed by atoms with van der Waals surface area (Å²) < 4.78 is 11.3. The van der Waals surface area contributed by atoms with Crippen molar-refractivity contribution in [2.24, 2.45) is 0 Å². The van der Waals surface area contributed by atoms with Gasteiger partial charge < -0.3 is 14.8 Å². The lowest BCUT2D eigenvalue weighted by atomic mass is 10.1. The second kappa shape index (κ2) is 7.34. The Morgan fingerprint density at radius 2 is 2.00 bits per heavy atom. The Labute approximate surface area is 137 Å². The van der Waals surface area contributed by atoms with Gasteiger partial charge in [0.1, 0.15) is 5.75 Å². The van der Waals surface area contributed by atoms with Gasteiger partial charge in [-0.3, -0.25) is 4.79 Å². The number of carbonyl (C=O) groups excluding carboxylic acids is 1. The van der Waals surface area contributed by atoms with Crippen molar-refractivity contribution in [2.75, 3.05) is 6.61 Å². The first-order valence-electron chi connectivity index (χ1n) is 7.74. The Balaban J connectivity index is 1.93. The summed E-state index contributed by atoms with van der Waals surface area (Å²) in [6, 6.07) is 3.69. The van der Waals surface area contributed by atoms with Gasteiger partial charge in [0.2, 0.25) is 0 Å². The molecule has 0 aromatic heterocycles. The molecular formula is C17H24ClNO3. The van der Waals surface area contributed by atoms with E-state index in [4.69, 9.17) is 21.1 Å². The smallest absolute Gasteiger partial charge is 0.261 e. The molecule has 1 aromatic rings. The van der Waals surface area contributed by atoms with Gasteiger partial charge in [-0.1, -0.05) is 11.6 Å². The fraction of sp³-hybridized carbons (Fsp3) is 0.588. The number of hydrogen-bond donors (Lipinski definition) is 1. The molecule has 1 aliphatic rings. The average molecular weight is 326 g/mol. The number of amides is 1. The zero-order valence-corrected chi connectivity index (χ0v) is 14.4. The van der Waals surface area contributed by atoms with Crippen LogP contribution in [0.25, 0.3) is 0 Å². The Morgan fingerprint density at radius 3 is 2.55 bits per heavy atom. The molecule has 0 spiro atoms. The molecule has 22 heavy (non-hydrogen) atoms. The van der Waals surface area contributed by atoms with Crippen molar-refractivity contribution in [3.63, 3.8) is 0 Å². The standard InChI is InChI=1S/C17H24ClNO3/c1-10-8-14(9-11(2)16(10)18)22-13(4)17(20)19-12(3)15-6-5-7-21-15/h8-9,12-13,15H,5-7H2,1-4H3,(H,19,20)/t12-,13-,15-/m1/s1. The highest BCUT2D eigenvalue weighted by atomic mass is 35.5. The average Bonchev–Trinajstić information content (AvgIpc) is 2.98. The molecular weight excluding hydrogens is 302 g/mol. The van der Waals surface area contributed by atoms with E-state index in [1.807, 2.05) is 32.9 Å². The summed E-state index contributed by atoms with van der Waals surface area (Å²) in [5.41, 5.74) is 1.88. The van der Waals surface area contributed by atoms with Gasteiger partial charge >= 0.3 is 0 Å². The second-order valence-electron chi connectivity index (χ2n) is 5.98. The van der Waals surface area contributed by atoms with Gasteiger partial charge in [0.15, 0.2) is 6.10 Å². The van der Waals surface area contributed by atoms with Crippen molar-refractivity contribution < 1.29 is 14.3 Å². The van der Waals surface area contributed by atoms with Gasteiger partial charge in [0, 0.05) is 11.6 Å². The minimum atomic E-state index is -0.566. The lowest BCUT2D eigenvalue weighted by Gasteiger charge is -2.22. The summed E-state index contributed by atoms with van der Waals surface area (Å²) in [5.74, 6) is 0.528. The van der Waals surface area contributed by atoms with E-state index in [2.05, 4.69) is 5.32 Å². The van der Waals surface area contributed by atoms with E-state index in [0.29, 0.717) is 5.75 Å². The summed E-state index contributed by atoms with van der Waals surface area (Å²) in [7, 11) is 0. The van der Waals surface area contributed by atoms with Crippen LogP contribution >= 0.6 is 11.6 Å². The Bertz CT molecular complexity index is 518. The third-order valence-electron chi connectivity index (χ3n) is 3.98. The summed E-state index contributed by atoms with van der Waals surface area (Å²) in [6.45, 7) is 8.34. The van der Waals surface area contributed by atoms with Crippen LogP contribution in [-0.4, -0.2) is 30.8 Å². The van der Waals surface area contributed by atoms with Crippen molar-refractivity contribution in [1.82, 2.24) is 5.32 Å². The van der Waals surface area contributed by atoms with Crippen LogP contribution in [0.15, 0.2) is 12.1 Å². The highest BCUT2D eigenvalue weighted by molar-refractivity contribution is 6.32. The Hall–Kier alpha value is -1.26. The summed E-state index contributed by atoms with van der Waals surface area (Å²) in [6.07, 6.45) is 1.59. The highest BCUT2D eigenvalue weighted by Gasteiger charge is 2.25. The van der Waals surface area contributed by atoms with Crippen LogP contribution < -0.4 is 10.1 Å². The van der Waals surface area contributed by atoms with Crippen LogP contribution in [0.4, 0.5) is 0 Å². The molecule has 4 nitrogen and oxygen atoms in total. The number of carbonyl (C=O) groups is 1. The predicted molar refractivity (Wildman–Crippen MR) is 87.6 cm³/mol. The number of nitrogens with one attached hydrogen (secondary N) is 1. The number of rotatable bonds is 5. The van der Waals surface area contributed by atoms with E-state index in [1.165, 1.54) is 0 Å². The molecule has 1 amide bonds. The second-order valence-corrected chi connectivity index (χ2v) is 6.36. The van der Waals surface area contributed by atoms with Crippen LogP contribution in [-0.2, 0) is 9.53 Å². The maximum atomic E-state index is 12.2. The van der Waals surface area contributed by atoms with Gasteiger partial charge in [0.25, 0.3) is 5.91 Å². The van der Waals surface area contributed by atoms with Crippen molar-refractivity contribution in [2.45, 2.75) is 58.8 Å². The van der Waals surface area contributed by atoms with Crippen molar-refractivity contribution in [3.8, 4) is 5.75 Å². The molecule has 0 bridgehead atoms. The number of benzene rings is 1. The number of ether oxygens (including phenoxy) is 2. The van der Waals surface area contributed by atoms with Gasteiger partial charge in [-0.2, -0.15) is 0 Å². The number of halogens is 1. The van der Waals surface area contributed by atoms with Gasteiger partial charge in [-0.25, -0.2) is 0 Å². The molecule has 1 fully saturated rings. The minimum absolute atomic E-state index is 0.00487. The molecule has 1 aromatic carbocycles. The molecule has 1 saturated heterocycles. The molecule has 1 N–H and O–H groups in total. The zero-order chi connectivity index (χ0) is 16.3. The van der Waals surface area contributed by atoms with Crippen LogP contribution in [0, 0.1) is 13.8 Å². The molecule has 1 aliphatic heterocycles. The monoisotopic (exact) mass is 325 g/mol. The first-order valence-corrected chi connectivity index (χ1v) is 8.11. The summed E-state index contributed by atoms with van der Waals surface area (Å²) in [5, 5.41) is 3.70. The van der Waals surface area contributed by atoms with Gasteiger partial charge in [-0.05, 0) is 63.8 Å². The topological polar surface area (TPSA) is 47.6 Å². The SMILES string of the molecule is Cc1cc(O[C@H](C)C(=O)N[C@H](C)[C@H]2CCCO2)cc(C)c1Cl. The van der Waals surface area contributed by atoms with E-state index in [-0.39, 0.29) is 18.1 Å². The molecule has 2 rings (SSSR count). The maximum absolute atomic E-state index is 12.2. The normalized spacial score (nSPS) is 20.5. The predicted octanol–water partition coefficient (Wildman–Crippen LogP) is 3.41. The molecule has 0 aliphatic carbocycles. The van der Waals surface area contributed by atoms with E-state index in [9.17, 15) is 4.79 Å². The number of aryl methyl sites for hydroxylation is 2. The molecule has 5 heteroatoms. The van der Waals surface area contributed by atoms with Crippen LogP contribution in [0.3, 0.4) is 0 Å². The first-order chi connectivity index (χ1) is 10.4. The molecule has 3 atom stereocenters. The van der Waals surface area contributed by atoms with Crippen molar-refractivity contribution in [3.05, 3.63) is 28.3 Å². The quantitative estimate of drug-likeness (QED) is 0.902. The van der Waals surface area contributed by atoms with Gasteiger partial charge in [-0.15, -0.1) is 0 Å². The first kappa shape index (κ1) is 17.1. The summed E-state index contributed by atoms with van der Waals surface area (Å²) >= 11 is 6.14. The van der Waals surface area contributed by atoms with Crippen molar-refractivity contribution >= 4 is 17.5 Å². The summed E-state index contributed by atoms with van der Waals surface area (Å²) in [4.78, 5) is 12.2. The lowest BCUT2D eigenvalue weighted by Crippen LogP contribution is -2.46. The molecule has 0 unspecified atom stereocenters. The third kappa shape index (κ3) is 4.14. The minimum Gasteiger partial charge on any atom is -0.481 e. The van der Waals surface area contributed by atoms with Crippen LogP contribution in [0.5, 0.6) is 5.75 Å². The zero-order valence-electron chi connectivity index (χ0n) is 13.6. The Kier molecular flexibility index (Phi) is 5.70. The largest absolute Gasteiger partial charge is 0.481 e. The van der Waals surface area contributed by atoms with Gasteiger partial charge in [0.05, 0.1) is 12.1 Å². The fourth-order valence-corrected chi connectivity index (χ4v) is 2.77. The lowest BCUT2D eigenvalue weighted by molar-refractivity contribution is -0.128. The highest BCUT2D eigenvalue weighted by Crippen LogP contribution is 2.26. The Morgan fingerprint density at radius 1 is 1.36 bits per heavy atom. The molecule has 1 heterocycles. The third-order valence-corrected chi connectivity index (χ3v) is 4.58. The maximum Gasteiger partial charge on any atom is 0.261 e. The van der Waals surface area contributed by atoms with E-state index in [0.717, 1.165) is 35.6 Å². The number of hydrogen-bond acceptors (Lipinski definition) is 3. The van der Waals surface area contributed by atoms with E-state index >= 15 is 0 Å². The molecule has 0 radical (unpaired) electrons. The van der Waals surface area contributed by atoms with E-state index < -0.39 is 6.10 Å². The van der Waals surface area contributed by atoms with Crippen molar-refractivity contribution in [1.29, 1.82) is 0 Å². The fourth-order valence-electron chi connectivity index (χ4n) is 2.66. The molecule has 0 saturated carbocycles. The van der Waals surface area contributed by atoms with Crippen LogP contribution in [0.1, 0.15) is 37.8 Å².